The number of hydrogen-bond donors (Lipinski definition) is 2. The molecule has 0 radical (unpaired) electrons. The molecule has 1 atom stereocenters. The zero-order valence-corrected chi connectivity index (χ0v) is 16.8. The average molecular weight is 400 g/mol. The van der Waals surface area contributed by atoms with Crippen molar-refractivity contribution in [3.63, 3.8) is 0 Å². The van der Waals surface area contributed by atoms with E-state index in [0.717, 1.165) is 17.5 Å². The molecule has 0 heterocycles. The number of nitrogens with one attached hydrogen (secondary N) is 1. The van der Waals surface area contributed by atoms with Gasteiger partial charge in [0.2, 0.25) is 5.91 Å². The molecular formula is C25H24N2O3. The van der Waals surface area contributed by atoms with Gasteiger partial charge in [-0.05, 0) is 36.6 Å². The summed E-state index contributed by atoms with van der Waals surface area (Å²) in [5.74, 6) is 0.0519. The van der Waals surface area contributed by atoms with E-state index in [2.05, 4.69) is 34.8 Å². The van der Waals surface area contributed by atoms with Crippen molar-refractivity contribution in [2.24, 2.45) is 11.0 Å². The molecule has 0 aromatic heterocycles. The maximum Gasteiger partial charge on any atom is 0.244 e. The first kappa shape index (κ1) is 19.7. The number of hydrogen-bond acceptors (Lipinski definition) is 4. The summed E-state index contributed by atoms with van der Waals surface area (Å²) in [5.41, 5.74) is 5.05. The Morgan fingerprint density at radius 1 is 1.07 bits per heavy atom. The first-order chi connectivity index (χ1) is 14.7. The van der Waals surface area contributed by atoms with E-state index in [4.69, 9.17) is 4.74 Å². The fourth-order valence-corrected chi connectivity index (χ4v) is 4.01. The van der Waals surface area contributed by atoms with Crippen LogP contribution in [0, 0.1) is 5.92 Å². The molecule has 1 amide bonds. The van der Waals surface area contributed by atoms with Crippen LogP contribution in [0.4, 0.5) is 0 Å². The summed E-state index contributed by atoms with van der Waals surface area (Å²) in [6.45, 7) is 2.30. The number of hydrazone groups is 1. The molecule has 0 bridgehead atoms. The zero-order valence-electron chi connectivity index (χ0n) is 16.8. The van der Waals surface area contributed by atoms with Gasteiger partial charge in [-0.1, -0.05) is 66.7 Å². The summed E-state index contributed by atoms with van der Waals surface area (Å²) in [6.07, 6.45) is 2.16. The Labute approximate surface area is 176 Å². The standard InChI is InChI=1S/C25H24N2O3/c1-2-30-22-15-9-10-18(23(22)28)17-26-27-24(29)21-16-25(21,19-11-5-3-6-12-19)20-13-7-4-8-14-20/h3-15,17,21,28H,2,16H2,1H3,(H,27,29)/b26-17+/t21-/m1/s1. The lowest BCUT2D eigenvalue weighted by atomic mass is 9.85. The molecule has 0 spiro atoms. The topological polar surface area (TPSA) is 70.9 Å². The van der Waals surface area contributed by atoms with E-state index in [9.17, 15) is 9.90 Å². The number of ether oxygens (including phenoxy) is 1. The molecule has 0 unspecified atom stereocenters. The third-order valence-electron chi connectivity index (χ3n) is 5.56. The highest BCUT2D eigenvalue weighted by atomic mass is 16.5. The van der Waals surface area contributed by atoms with E-state index in [1.165, 1.54) is 6.21 Å². The quantitative estimate of drug-likeness (QED) is 0.460. The number of aromatic hydroxyl groups is 1. The van der Waals surface area contributed by atoms with Crippen molar-refractivity contribution in [3.8, 4) is 11.5 Å². The number of amides is 1. The Morgan fingerprint density at radius 2 is 1.70 bits per heavy atom. The molecule has 3 aromatic rings. The van der Waals surface area contributed by atoms with E-state index in [1.54, 1.807) is 18.2 Å². The Balaban J connectivity index is 1.52. The lowest BCUT2D eigenvalue weighted by Crippen LogP contribution is -2.25. The van der Waals surface area contributed by atoms with Crippen molar-refractivity contribution >= 4 is 12.1 Å². The molecule has 3 aromatic carbocycles. The van der Waals surface area contributed by atoms with Gasteiger partial charge < -0.3 is 9.84 Å². The van der Waals surface area contributed by atoms with Crippen molar-refractivity contribution in [1.82, 2.24) is 5.43 Å². The van der Waals surface area contributed by atoms with Crippen molar-refractivity contribution in [2.75, 3.05) is 6.61 Å². The van der Waals surface area contributed by atoms with Crippen molar-refractivity contribution in [1.29, 1.82) is 0 Å². The number of phenolic OH excluding ortho intramolecular Hbond substituents is 1. The van der Waals surface area contributed by atoms with Crippen LogP contribution in [0.2, 0.25) is 0 Å². The van der Waals surface area contributed by atoms with E-state index in [1.807, 2.05) is 43.3 Å². The number of rotatable bonds is 7. The number of para-hydroxylation sites is 1. The van der Waals surface area contributed by atoms with E-state index < -0.39 is 0 Å². The predicted octanol–water partition coefficient (Wildman–Crippen LogP) is 4.25. The number of benzene rings is 3. The van der Waals surface area contributed by atoms with Gasteiger partial charge in [0.15, 0.2) is 11.5 Å². The second-order valence-corrected chi connectivity index (χ2v) is 7.32. The van der Waals surface area contributed by atoms with Crippen LogP contribution in [0.15, 0.2) is 84.0 Å². The van der Waals surface area contributed by atoms with Gasteiger partial charge in [-0.15, -0.1) is 0 Å². The third-order valence-corrected chi connectivity index (χ3v) is 5.56. The number of carbonyl (C=O) groups excluding carboxylic acids is 1. The highest BCUT2D eigenvalue weighted by Crippen LogP contribution is 2.58. The minimum absolute atomic E-state index is 0.00619. The molecule has 1 saturated carbocycles. The Hall–Kier alpha value is -3.60. The lowest BCUT2D eigenvalue weighted by Gasteiger charge is -2.18. The molecule has 0 saturated heterocycles. The van der Waals surface area contributed by atoms with Crippen molar-refractivity contribution in [2.45, 2.75) is 18.8 Å². The minimum atomic E-state index is -0.334. The van der Waals surface area contributed by atoms with Crippen molar-refractivity contribution in [3.05, 3.63) is 95.6 Å². The maximum atomic E-state index is 12.9. The smallest absolute Gasteiger partial charge is 0.244 e. The summed E-state index contributed by atoms with van der Waals surface area (Å²) in [7, 11) is 0. The number of phenols is 1. The first-order valence-electron chi connectivity index (χ1n) is 10.1. The number of nitrogens with zero attached hydrogens (tertiary/aromatic N) is 1. The summed E-state index contributed by atoms with van der Waals surface area (Å²) in [5, 5.41) is 14.3. The number of carbonyl (C=O) groups is 1. The fraction of sp³-hybridized carbons (Fsp3) is 0.200. The highest BCUT2D eigenvalue weighted by Gasteiger charge is 2.60. The fourth-order valence-electron chi connectivity index (χ4n) is 4.01. The zero-order chi connectivity index (χ0) is 21.0. The Bertz CT molecular complexity index is 1010. The normalized spacial score (nSPS) is 16.9. The monoisotopic (exact) mass is 400 g/mol. The SMILES string of the molecule is CCOc1cccc(/C=N/NC(=O)[C@H]2CC2(c2ccccc2)c2ccccc2)c1O. The average Bonchev–Trinajstić information content (AvgIpc) is 3.55. The van der Waals surface area contributed by atoms with Gasteiger partial charge in [0.1, 0.15) is 0 Å². The summed E-state index contributed by atoms with van der Waals surface area (Å²) in [6, 6.07) is 25.4. The van der Waals surface area contributed by atoms with Crippen LogP contribution in [0.3, 0.4) is 0 Å². The predicted molar refractivity (Wildman–Crippen MR) is 117 cm³/mol. The molecule has 30 heavy (non-hydrogen) atoms. The van der Waals surface area contributed by atoms with E-state index in [0.29, 0.717) is 17.9 Å². The lowest BCUT2D eigenvalue weighted by molar-refractivity contribution is -0.122. The van der Waals surface area contributed by atoms with Gasteiger partial charge in [0.05, 0.1) is 18.7 Å². The molecule has 2 N–H and O–H groups in total. The van der Waals surface area contributed by atoms with Crippen LogP contribution in [-0.2, 0) is 10.2 Å². The Morgan fingerprint density at radius 3 is 2.30 bits per heavy atom. The van der Waals surface area contributed by atoms with Gasteiger partial charge >= 0.3 is 0 Å². The van der Waals surface area contributed by atoms with Gasteiger partial charge in [-0.25, -0.2) is 5.43 Å². The van der Waals surface area contributed by atoms with Crippen LogP contribution >= 0.6 is 0 Å². The Kier molecular flexibility index (Phi) is 5.53. The molecule has 5 heteroatoms. The molecule has 0 aliphatic heterocycles. The summed E-state index contributed by atoms with van der Waals surface area (Å²) >= 11 is 0. The molecule has 5 nitrogen and oxygen atoms in total. The molecule has 152 valence electrons. The molecule has 1 fully saturated rings. The second kappa shape index (κ2) is 8.41. The van der Waals surface area contributed by atoms with Crippen LogP contribution in [-0.4, -0.2) is 23.8 Å². The van der Waals surface area contributed by atoms with Gasteiger partial charge in [0, 0.05) is 11.0 Å². The molecule has 4 rings (SSSR count). The molecular weight excluding hydrogens is 376 g/mol. The van der Waals surface area contributed by atoms with Crippen LogP contribution in [0.5, 0.6) is 11.5 Å². The van der Waals surface area contributed by atoms with Gasteiger partial charge in [0.25, 0.3) is 0 Å². The maximum absolute atomic E-state index is 12.9. The minimum Gasteiger partial charge on any atom is -0.504 e. The van der Waals surface area contributed by atoms with Crippen LogP contribution < -0.4 is 10.2 Å². The summed E-state index contributed by atoms with van der Waals surface area (Å²) < 4.78 is 5.38. The first-order valence-corrected chi connectivity index (χ1v) is 10.1. The van der Waals surface area contributed by atoms with Crippen molar-refractivity contribution < 1.29 is 14.6 Å². The van der Waals surface area contributed by atoms with Crippen LogP contribution in [0.25, 0.3) is 0 Å². The van der Waals surface area contributed by atoms with Gasteiger partial charge in [-0.2, -0.15) is 5.10 Å². The molecule has 1 aliphatic carbocycles. The van der Waals surface area contributed by atoms with E-state index in [-0.39, 0.29) is 23.0 Å². The highest BCUT2D eigenvalue weighted by molar-refractivity contribution is 5.89. The van der Waals surface area contributed by atoms with Crippen LogP contribution in [0.1, 0.15) is 30.0 Å². The largest absolute Gasteiger partial charge is 0.504 e. The molecule has 1 aliphatic rings. The van der Waals surface area contributed by atoms with Gasteiger partial charge in [-0.3, -0.25) is 4.79 Å². The third kappa shape index (κ3) is 3.66. The summed E-state index contributed by atoms with van der Waals surface area (Å²) in [4.78, 5) is 12.9. The van der Waals surface area contributed by atoms with E-state index >= 15 is 0 Å². The second-order valence-electron chi connectivity index (χ2n) is 7.32.